The molecule has 0 aliphatic heterocycles. The number of aliphatic hydroxyl groups excluding tert-OH is 1. The van der Waals surface area contributed by atoms with Gasteiger partial charge in [-0.2, -0.15) is 5.10 Å². The summed E-state index contributed by atoms with van der Waals surface area (Å²) in [6.07, 6.45) is 3.17. The molecule has 0 aliphatic rings. The second-order valence-corrected chi connectivity index (χ2v) is 4.74. The number of benzene rings is 1. The van der Waals surface area contributed by atoms with Crippen LogP contribution in [0.1, 0.15) is 17.0 Å². The summed E-state index contributed by atoms with van der Waals surface area (Å²) in [4.78, 5) is 4.20. The molecule has 0 saturated carbocycles. The highest BCUT2D eigenvalue weighted by atomic mass is 16.3. The third kappa shape index (κ3) is 3.17. The van der Waals surface area contributed by atoms with Gasteiger partial charge >= 0.3 is 0 Å². The molecule has 1 aromatic carbocycles. The first kappa shape index (κ1) is 12.8. The summed E-state index contributed by atoms with van der Waals surface area (Å²) in [5.41, 5.74) is 2.51. The molecule has 0 fully saturated rings. The van der Waals surface area contributed by atoms with E-state index in [4.69, 9.17) is 0 Å². The monoisotopic (exact) mass is 245 g/mol. The van der Waals surface area contributed by atoms with Gasteiger partial charge in [0.05, 0.1) is 0 Å². The predicted octanol–water partition coefficient (Wildman–Crippen LogP) is 1.52. The van der Waals surface area contributed by atoms with E-state index in [0.717, 1.165) is 18.7 Å². The Bertz CT molecular complexity index is 490. The van der Waals surface area contributed by atoms with E-state index in [2.05, 4.69) is 41.3 Å². The van der Waals surface area contributed by atoms with Crippen LogP contribution in [0.3, 0.4) is 0 Å². The molecule has 0 saturated heterocycles. The van der Waals surface area contributed by atoms with Crippen LogP contribution in [0.15, 0.2) is 30.6 Å². The molecule has 96 valence electrons. The number of aromatic nitrogens is 3. The van der Waals surface area contributed by atoms with Crippen LogP contribution in [0.4, 0.5) is 0 Å². The topological polar surface area (TPSA) is 50.9 Å². The normalized spacial score (nSPS) is 12.6. The average molecular weight is 245 g/mol. The van der Waals surface area contributed by atoms with Gasteiger partial charge in [0.15, 0.2) is 0 Å². The molecule has 0 bridgehead atoms. The molecule has 18 heavy (non-hydrogen) atoms. The Morgan fingerprint density at radius 3 is 2.50 bits per heavy atom. The van der Waals surface area contributed by atoms with Gasteiger partial charge in [0.2, 0.25) is 0 Å². The van der Waals surface area contributed by atoms with Crippen molar-refractivity contribution in [2.45, 2.75) is 19.8 Å². The second-order valence-electron chi connectivity index (χ2n) is 4.74. The van der Waals surface area contributed by atoms with Crippen molar-refractivity contribution in [2.75, 3.05) is 6.61 Å². The Kier molecular flexibility index (Phi) is 4.10. The van der Waals surface area contributed by atoms with Crippen molar-refractivity contribution in [3.63, 3.8) is 0 Å². The second kappa shape index (κ2) is 5.78. The Balaban J connectivity index is 2.01. The van der Waals surface area contributed by atoms with E-state index in [0.29, 0.717) is 0 Å². The zero-order valence-corrected chi connectivity index (χ0v) is 10.9. The Labute approximate surface area is 107 Å². The largest absolute Gasteiger partial charge is 0.396 e. The molecule has 1 aromatic heterocycles. The number of hydrogen-bond acceptors (Lipinski definition) is 3. The summed E-state index contributed by atoms with van der Waals surface area (Å²) in [5.74, 6) is 1.11. The number of aryl methyl sites for hydroxylation is 2. The molecule has 1 N–H and O–H groups in total. The van der Waals surface area contributed by atoms with Crippen LogP contribution >= 0.6 is 0 Å². The quantitative estimate of drug-likeness (QED) is 0.869. The molecule has 0 spiro atoms. The summed E-state index contributed by atoms with van der Waals surface area (Å²) in [5, 5.41) is 13.5. The van der Waals surface area contributed by atoms with Gasteiger partial charge in [-0.1, -0.05) is 29.8 Å². The summed E-state index contributed by atoms with van der Waals surface area (Å²) < 4.78 is 1.76. The lowest BCUT2D eigenvalue weighted by Gasteiger charge is -2.13. The van der Waals surface area contributed by atoms with Crippen molar-refractivity contribution < 1.29 is 5.11 Å². The third-order valence-corrected chi connectivity index (χ3v) is 3.18. The van der Waals surface area contributed by atoms with Crippen LogP contribution in [0.5, 0.6) is 0 Å². The lowest BCUT2D eigenvalue weighted by Crippen LogP contribution is -2.15. The van der Waals surface area contributed by atoms with Gasteiger partial charge in [0.1, 0.15) is 12.2 Å². The van der Waals surface area contributed by atoms with E-state index in [-0.39, 0.29) is 12.5 Å². The van der Waals surface area contributed by atoms with Gasteiger partial charge in [0, 0.05) is 20.1 Å². The fraction of sp³-hybridized carbons (Fsp3) is 0.429. The Hall–Kier alpha value is -1.68. The highest BCUT2D eigenvalue weighted by Crippen LogP contribution is 2.13. The lowest BCUT2D eigenvalue weighted by molar-refractivity contribution is 0.222. The zero-order valence-electron chi connectivity index (χ0n) is 10.9. The zero-order chi connectivity index (χ0) is 13.0. The van der Waals surface area contributed by atoms with Crippen molar-refractivity contribution in [2.24, 2.45) is 13.0 Å². The van der Waals surface area contributed by atoms with Gasteiger partial charge < -0.3 is 5.11 Å². The minimum absolute atomic E-state index is 0.167. The molecular formula is C14H19N3O. The fourth-order valence-electron chi connectivity index (χ4n) is 2.02. The predicted molar refractivity (Wildman–Crippen MR) is 70.2 cm³/mol. The number of rotatable bonds is 5. The van der Waals surface area contributed by atoms with E-state index in [9.17, 15) is 5.11 Å². The molecule has 4 nitrogen and oxygen atoms in total. The summed E-state index contributed by atoms with van der Waals surface area (Å²) >= 11 is 0. The molecule has 2 rings (SSSR count). The van der Waals surface area contributed by atoms with E-state index in [1.807, 2.05) is 7.05 Å². The van der Waals surface area contributed by atoms with Crippen LogP contribution in [0.2, 0.25) is 0 Å². The van der Waals surface area contributed by atoms with E-state index in [1.165, 1.54) is 11.1 Å². The van der Waals surface area contributed by atoms with E-state index < -0.39 is 0 Å². The first-order valence-corrected chi connectivity index (χ1v) is 6.18. The van der Waals surface area contributed by atoms with Crippen molar-refractivity contribution in [1.29, 1.82) is 0 Å². The van der Waals surface area contributed by atoms with Crippen molar-refractivity contribution in [1.82, 2.24) is 14.8 Å². The molecule has 0 amide bonds. The van der Waals surface area contributed by atoms with Crippen LogP contribution in [0, 0.1) is 12.8 Å². The fourth-order valence-corrected chi connectivity index (χ4v) is 2.02. The molecule has 2 aromatic rings. The highest BCUT2D eigenvalue weighted by Gasteiger charge is 2.12. The smallest absolute Gasteiger partial charge is 0.138 e. The van der Waals surface area contributed by atoms with E-state index in [1.54, 1.807) is 11.0 Å². The van der Waals surface area contributed by atoms with Gasteiger partial charge in [0.25, 0.3) is 0 Å². The average Bonchev–Trinajstić information content (AvgIpc) is 2.77. The number of nitrogens with zero attached hydrogens (tertiary/aromatic N) is 3. The van der Waals surface area contributed by atoms with E-state index >= 15 is 0 Å². The number of hydrogen-bond donors (Lipinski definition) is 1. The summed E-state index contributed by atoms with van der Waals surface area (Å²) in [6.45, 7) is 2.24. The first-order chi connectivity index (χ1) is 8.69. The van der Waals surface area contributed by atoms with Gasteiger partial charge in [-0.15, -0.1) is 0 Å². The Morgan fingerprint density at radius 2 is 1.94 bits per heavy atom. The van der Waals surface area contributed by atoms with Crippen molar-refractivity contribution in [3.8, 4) is 0 Å². The molecule has 4 heteroatoms. The molecule has 1 unspecified atom stereocenters. The lowest BCUT2D eigenvalue weighted by atomic mass is 9.96. The molecule has 0 radical (unpaired) electrons. The van der Waals surface area contributed by atoms with Gasteiger partial charge in [-0.25, -0.2) is 4.98 Å². The summed E-state index contributed by atoms with van der Waals surface area (Å²) in [7, 11) is 1.88. The molecule has 1 atom stereocenters. The van der Waals surface area contributed by atoms with Gasteiger partial charge in [-0.05, 0) is 24.8 Å². The Morgan fingerprint density at radius 1 is 1.22 bits per heavy atom. The maximum atomic E-state index is 9.47. The minimum atomic E-state index is 0.167. The van der Waals surface area contributed by atoms with Crippen LogP contribution in [0.25, 0.3) is 0 Å². The maximum absolute atomic E-state index is 9.47. The highest BCUT2D eigenvalue weighted by molar-refractivity contribution is 5.21. The molecule has 1 heterocycles. The molecular weight excluding hydrogens is 226 g/mol. The summed E-state index contributed by atoms with van der Waals surface area (Å²) in [6, 6.07) is 8.45. The van der Waals surface area contributed by atoms with Crippen LogP contribution in [-0.2, 0) is 19.9 Å². The van der Waals surface area contributed by atoms with Crippen molar-refractivity contribution in [3.05, 3.63) is 47.5 Å². The molecule has 0 aliphatic carbocycles. The van der Waals surface area contributed by atoms with Gasteiger partial charge in [-0.3, -0.25) is 4.68 Å². The minimum Gasteiger partial charge on any atom is -0.396 e. The van der Waals surface area contributed by atoms with Crippen LogP contribution < -0.4 is 0 Å². The number of aliphatic hydroxyl groups is 1. The maximum Gasteiger partial charge on any atom is 0.138 e. The van der Waals surface area contributed by atoms with Crippen LogP contribution in [-0.4, -0.2) is 26.5 Å². The SMILES string of the molecule is Cc1ccc(CC(CO)Cc2ncnn2C)cc1. The third-order valence-electron chi connectivity index (χ3n) is 3.18. The first-order valence-electron chi connectivity index (χ1n) is 6.18. The van der Waals surface area contributed by atoms with Crippen molar-refractivity contribution >= 4 is 0 Å². The standard InChI is InChI=1S/C14H19N3O/c1-11-3-5-12(6-4-11)7-13(9-18)8-14-15-10-16-17(14)2/h3-6,10,13,18H,7-9H2,1-2H3.